The van der Waals surface area contributed by atoms with Crippen molar-refractivity contribution in [3.63, 3.8) is 0 Å². The number of halogens is 2. The van der Waals surface area contributed by atoms with Crippen LogP contribution in [0.25, 0.3) is 33.1 Å². The van der Waals surface area contributed by atoms with Gasteiger partial charge in [-0.15, -0.1) is 11.3 Å². The smallest absolute Gasteiger partial charge is 0.261 e. The van der Waals surface area contributed by atoms with Gasteiger partial charge in [-0.25, -0.2) is 4.98 Å². The van der Waals surface area contributed by atoms with Crippen molar-refractivity contribution in [1.82, 2.24) is 10.1 Å². The van der Waals surface area contributed by atoms with Gasteiger partial charge in [0.1, 0.15) is 22.0 Å². The molecule has 0 aliphatic carbocycles. The van der Waals surface area contributed by atoms with E-state index in [0.29, 0.717) is 38.3 Å². The largest absolute Gasteiger partial charge is 0.360 e. The van der Waals surface area contributed by atoms with Crippen molar-refractivity contribution in [2.75, 3.05) is 5.32 Å². The van der Waals surface area contributed by atoms with Crippen molar-refractivity contribution < 1.29 is 9.32 Å². The molecule has 1 N–H and O–H groups in total. The Labute approximate surface area is 210 Å². The van der Waals surface area contributed by atoms with Crippen LogP contribution < -0.4 is 5.32 Å². The molecule has 5 nitrogen and oxygen atoms in total. The minimum Gasteiger partial charge on any atom is -0.360 e. The standard InChI is InChI=1S/C26H17Cl2N3O2S/c1-15-23(24(31-33-15)20-7-2-3-8-21(20)28)25(32)29-19-6-4-5-17(13-19)22-14-34-26(30-22)16-9-11-18(27)12-10-16/h2-14H,1H3,(H,29,32). The highest BCUT2D eigenvalue weighted by atomic mass is 35.5. The third kappa shape index (κ3) is 4.48. The number of thiazole rings is 1. The Hall–Kier alpha value is -3.45. The lowest BCUT2D eigenvalue weighted by Gasteiger charge is -2.08. The fourth-order valence-electron chi connectivity index (χ4n) is 3.56. The van der Waals surface area contributed by atoms with Crippen LogP contribution in [0.2, 0.25) is 10.0 Å². The van der Waals surface area contributed by atoms with Gasteiger partial charge < -0.3 is 9.84 Å². The number of aromatic nitrogens is 2. The maximum absolute atomic E-state index is 13.2. The van der Waals surface area contributed by atoms with Crippen LogP contribution in [0.1, 0.15) is 16.1 Å². The predicted molar refractivity (Wildman–Crippen MR) is 138 cm³/mol. The summed E-state index contributed by atoms with van der Waals surface area (Å²) in [6, 6.07) is 22.3. The van der Waals surface area contributed by atoms with Crippen LogP contribution in [-0.4, -0.2) is 16.0 Å². The molecular weight excluding hydrogens is 489 g/mol. The number of hydrogen-bond donors (Lipinski definition) is 1. The monoisotopic (exact) mass is 505 g/mol. The van der Waals surface area contributed by atoms with Gasteiger partial charge in [0.15, 0.2) is 0 Å². The molecule has 0 aliphatic rings. The fraction of sp³-hybridized carbons (Fsp3) is 0.0385. The average Bonchev–Trinajstić information content (AvgIpc) is 3.47. The van der Waals surface area contributed by atoms with Crippen LogP contribution in [0, 0.1) is 6.92 Å². The summed E-state index contributed by atoms with van der Waals surface area (Å²) in [4.78, 5) is 17.9. The fourth-order valence-corrected chi connectivity index (χ4v) is 4.74. The Morgan fingerprint density at radius 2 is 1.76 bits per heavy atom. The zero-order valence-electron chi connectivity index (χ0n) is 17.9. The molecule has 168 valence electrons. The van der Waals surface area contributed by atoms with Crippen molar-refractivity contribution in [1.29, 1.82) is 0 Å². The first-order valence-electron chi connectivity index (χ1n) is 10.3. The number of hydrogen-bond acceptors (Lipinski definition) is 5. The van der Waals surface area contributed by atoms with Gasteiger partial charge in [-0.05, 0) is 37.3 Å². The van der Waals surface area contributed by atoms with Crippen LogP contribution in [0.15, 0.2) is 82.7 Å². The molecular formula is C26H17Cl2N3O2S. The summed E-state index contributed by atoms with van der Waals surface area (Å²) >= 11 is 13.9. The summed E-state index contributed by atoms with van der Waals surface area (Å²) in [6.07, 6.45) is 0. The molecule has 0 radical (unpaired) electrons. The van der Waals surface area contributed by atoms with E-state index in [0.717, 1.165) is 21.8 Å². The summed E-state index contributed by atoms with van der Waals surface area (Å²) < 4.78 is 5.32. The van der Waals surface area contributed by atoms with Crippen molar-refractivity contribution in [2.24, 2.45) is 0 Å². The molecule has 0 fully saturated rings. The van der Waals surface area contributed by atoms with Crippen molar-refractivity contribution in [3.05, 3.63) is 99.5 Å². The Bertz CT molecular complexity index is 1490. The molecule has 5 aromatic rings. The zero-order chi connectivity index (χ0) is 23.7. The van der Waals surface area contributed by atoms with E-state index >= 15 is 0 Å². The minimum atomic E-state index is -0.328. The third-order valence-corrected chi connectivity index (χ3v) is 6.70. The highest BCUT2D eigenvalue weighted by Gasteiger charge is 2.23. The topological polar surface area (TPSA) is 68.0 Å². The van der Waals surface area contributed by atoms with Gasteiger partial charge in [-0.3, -0.25) is 4.79 Å². The molecule has 0 spiro atoms. The number of carbonyl (C=O) groups excluding carboxylic acids is 1. The van der Waals surface area contributed by atoms with Gasteiger partial charge in [0.25, 0.3) is 5.91 Å². The number of rotatable bonds is 5. The molecule has 0 aliphatic heterocycles. The van der Waals surface area contributed by atoms with Gasteiger partial charge in [0, 0.05) is 32.8 Å². The molecule has 0 atom stereocenters. The Morgan fingerprint density at radius 3 is 2.56 bits per heavy atom. The van der Waals surface area contributed by atoms with Gasteiger partial charge in [-0.2, -0.15) is 0 Å². The number of nitrogens with zero attached hydrogens (tertiary/aromatic N) is 2. The van der Waals surface area contributed by atoms with Crippen LogP contribution in [0.4, 0.5) is 5.69 Å². The molecule has 0 bridgehead atoms. The Balaban J connectivity index is 1.41. The van der Waals surface area contributed by atoms with E-state index in [1.54, 1.807) is 30.4 Å². The summed E-state index contributed by atoms with van der Waals surface area (Å²) in [5.41, 5.74) is 4.74. The molecule has 2 aromatic heterocycles. The van der Waals surface area contributed by atoms with Crippen LogP contribution in [0.5, 0.6) is 0 Å². The summed E-state index contributed by atoms with van der Waals surface area (Å²) in [5.74, 6) is 0.0848. The second kappa shape index (κ2) is 9.43. The number of amides is 1. The molecule has 5 rings (SSSR count). The van der Waals surface area contributed by atoms with Crippen molar-refractivity contribution in [2.45, 2.75) is 6.92 Å². The molecule has 1 amide bonds. The highest BCUT2D eigenvalue weighted by Crippen LogP contribution is 2.33. The van der Waals surface area contributed by atoms with Crippen LogP contribution >= 0.6 is 34.5 Å². The number of anilines is 1. The van der Waals surface area contributed by atoms with E-state index < -0.39 is 0 Å². The maximum atomic E-state index is 13.2. The van der Waals surface area contributed by atoms with Crippen molar-refractivity contribution >= 4 is 46.1 Å². The number of benzene rings is 3. The molecule has 2 heterocycles. The first kappa shape index (κ1) is 22.3. The SMILES string of the molecule is Cc1onc(-c2ccccc2Cl)c1C(=O)Nc1cccc(-c2csc(-c3ccc(Cl)cc3)n2)c1. The normalized spacial score (nSPS) is 10.9. The maximum Gasteiger partial charge on any atom is 0.261 e. The van der Waals surface area contributed by atoms with E-state index in [9.17, 15) is 4.79 Å². The van der Waals surface area contributed by atoms with E-state index in [1.165, 1.54) is 0 Å². The van der Waals surface area contributed by atoms with Crippen LogP contribution in [0.3, 0.4) is 0 Å². The lowest BCUT2D eigenvalue weighted by atomic mass is 10.1. The second-order valence-corrected chi connectivity index (χ2v) is 9.22. The number of carbonyl (C=O) groups is 1. The molecule has 34 heavy (non-hydrogen) atoms. The summed E-state index contributed by atoms with van der Waals surface area (Å²) in [7, 11) is 0. The predicted octanol–water partition coefficient (Wildman–Crippen LogP) is 8.00. The third-order valence-electron chi connectivity index (χ3n) is 5.23. The molecule has 0 saturated heterocycles. The Kier molecular flexibility index (Phi) is 6.20. The highest BCUT2D eigenvalue weighted by molar-refractivity contribution is 7.13. The first-order valence-corrected chi connectivity index (χ1v) is 12.0. The van der Waals surface area contributed by atoms with Gasteiger partial charge in [0.05, 0.1) is 10.7 Å². The first-order chi connectivity index (χ1) is 16.5. The lowest BCUT2D eigenvalue weighted by molar-refractivity contribution is 0.102. The average molecular weight is 506 g/mol. The van der Waals surface area contributed by atoms with E-state index in [2.05, 4.69) is 10.5 Å². The molecule has 0 unspecified atom stereocenters. The van der Waals surface area contributed by atoms with Gasteiger partial charge in [0.2, 0.25) is 0 Å². The number of nitrogens with one attached hydrogen (secondary N) is 1. The van der Waals surface area contributed by atoms with E-state index in [-0.39, 0.29) is 5.91 Å². The number of aryl methyl sites for hydroxylation is 1. The van der Waals surface area contributed by atoms with Crippen molar-refractivity contribution in [3.8, 4) is 33.1 Å². The van der Waals surface area contributed by atoms with Gasteiger partial charge in [-0.1, -0.05) is 70.8 Å². The van der Waals surface area contributed by atoms with Crippen LogP contribution in [-0.2, 0) is 0 Å². The zero-order valence-corrected chi connectivity index (χ0v) is 20.2. The summed E-state index contributed by atoms with van der Waals surface area (Å²) in [5, 5.41) is 11.1. The lowest BCUT2D eigenvalue weighted by Crippen LogP contribution is -2.13. The molecule has 3 aromatic carbocycles. The Morgan fingerprint density at radius 1 is 0.971 bits per heavy atom. The molecule has 0 saturated carbocycles. The van der Waals surface area contributed by atoms with E-state index in [4.69, 9.17) is 32.7 Å². The second-order valence-electron chi connectivity index (χ2n) is 7.52. The molecule has 8 heteroatoms. The summed E-state index contributed by atoms with van der Waals surface area (Å²) in [6.45, 7) is 1.70. The van der Waals surface area contributed by atoms with E-state index in [1.807, 2.05) is 66.0 Å². The minimum absolute atomic E-state index is 0.328. The quantitative estimate of drug-likeness (QED) is 0.262. The van der Waals surface area contributed by atoms with Gasteiger partial charge >= 0.3 is 0 Å².